The van der Waals surface area contributed by atoms with E-state index in [1.54, 1.807) is 96.2 Å². The van der Waals surface area contributed by atoms with Crippen LogP contribution in [0.3, 0.4) is 0 Å². The third-order valence-corrected chi connectivity index (χ3v) is 32.7. The summed E-state index contributed by atoms with van der Waals surface area (Å²) in [6, 6.07) is 1.58. The van der Waals surface area contributed by atoms with Gasteiger partial charge in [0.15, 0.2) is 0 Å². The standard InChI is InChI=1S/C10H22N2O2S.C9H19NO2S.C8H18N2O2S.C8H17NO2S.C7H15NO2S.C7H17NO2S.C5H13NO2S.C4H11NO2S/c1-9(2)12-7-5-10(6-8-12)15(13,14)11(3)4;1-8(2)10-6-4-9(5-7-10)13(3,11)12;1-8(2)9-4-6-10(7-5-9)13(3,11)12;1-8(2)12(10,11)9-6-4-3-5-7-9;1-7(2)11(9,10)8-5-3-4-6-8;1-5-8(6-2)11(9,10)7(3)4;1-5(2)9(7,8)6(3)4;1-4(2)8(6,7)5-3/h9-10H,5-8H2,1-4H3;8-9H,4-7H2,1-3H3;8H,4-7H2,1-3H3;8H,3-7H2,1-2H3;7H,3-6H2,1-2H3;7H,5-6H2,1-4H3;5H,1-4H3;4-5H,1-3H3. The Morgan fingerprint density at radius 2 is 0.674 bits per heavy atom. The Kier molecular flexibility index (Phi) is 45.3. The van der Waals surface area contributed by atoms with E-state index in [0.717, 1.165) is 117 Å². The van der Waals surface area contributed by atoms with Gasteiger partial charge in [-0.05, 0) is 195 Å². The summed E-state index contributed by atoms with van der Waals surface area (Å²) in [6.07, 6.45) is 11.0. The van der Waals surface area contributed by atoms with Crippen molar-refractivity contribution >= 4 is 80.0 Å². The molecule has 5 rings (SSSR count). The summed E-state index contributed by atoms with van der Waals surface area (Å²) in [5, 5.41) is -1.75. The van der Waals surface area contributed by atoms with Gasteiger partial charge in [0, 0.05) is 118 Å². The minimum Gasteiger partial charge on any atom is -0.301 e. The Hall–Kier alpha value is -0.800. The molecule has 5 heterocycles. The maximum Gasteiger partial charge on any atom is 0.216 e. The normalized spacial score (nSPS) is 19.1. The third kappa shape index (κ3) is 34.8. The van der Waals surface area contributed by atoms with Gasteiger partial charge in [0.05, 0.1) is 43.0 Å². The maximum atomic E-state index is 11.9. The predicted molar refractivity (Wildman–Crippen MR) is 382 cm³/mol. The molecule has 5 saturated heterocycles. The molecule has 0 amide bonds. The van der Waals surface area contributed by atoms with E-state index >= 15 is 0 Å². The van der Waals surface area contributed by atoms with Crippen LogP contribution in [0.2, 0.25) is 0 Å². The fourth-order valence-corrected chi connectivity index (χ4v) is 18.2. The van der Waals surface area contributed by atoms with E-state index in [1.807, 2.05) is 13.8 Å². The van der Waals surface area contributed by atoms with E-state index in [4.69, 9.17) is 0 Å². The van der Waals surface area contributed by atoms with Gasteiger partial charge in [-0.1, -0.05) is 20.3 Å². The Morgan fingerprint density at radius 3 is 0.870 bits per heavy atom. The predicted octanol–water partition coefficient (Wildman–Crippen LogP) is 4.95. The lowest BCUT2D eigenvalue weighted by atomic mass is 10.1. The maximum absolute atomic E-state index is 11.9. The Labute approximate surface area is 565 Å². The van der Waals surface area contributed by atoms with E-state index in [0.29, 0.717) is 44.3 Å². The van der Waals surface area contributed by atoms with Gasteiger partial charge in [0.2, 0.25) is 70.2 Å². The van der Waals surface area contributed by atoms with Gasteiger partial charge in [-0.15, -0.1) is 0 Å². The van der Waals surface area contributed by atoms with Crippen LogP contribution < -0.4 is 4.72 Å². The Bertz CT molecular complexity index is 2840. The molecule has 5 aliphatic heterocycles. The van der Waals surface area contributed by atoms with Gasteiger partial charge in [-0.25, -0.2) is 93.6 Å². The molecule has 5 fully saturated rings. The molecule has 0 spiro atoms. The van der Waals surface area contributed by atoms with Crippen molar-refractivity contribution in [3.63, 3.8) is 0 Å². The van der Waals surface area contributed by atoms with Gasteiger partial charge in [-0.2, -0.15) is 4.31 Å². The van der Waals surface area contributed by atoms with E-state index < -0.39 is 80.0 Å². The van der Waals surface area contributed by atoms with Crippen LogP contribution in [0.5, 0.6) is 0 Å². The van der Waals surface area contributed by atoms with E-state index in [9.17, 15) is 67.3 Å². The molecule has 0 aliphatic carbocycles. The zero-order valence-corrected chi connectivity index (χ0v) is 67.9. The second-order valence-electron chi connectivity index (χ2n) is 26.2. The van der Waals surface area contributed by atoms with Gasteiger partial charge in [0.25, 0.3) is 0 Å². The Balaban J connectivity index is -0.000000990. The fraction of sp³-hybridized carbons (Fsp3) is 1.00. The summed E-state index contributed by atoms with van der Waals surface area (Å²) in [7, 11) is -16.0. The first-order valence-electron chi connectivity index (χ1n) is 32.7. The lowest BCUT2D eigenvalue weighted by molar-refractivity contribution is 0.154. The molecule has 0 radical (unpaired) electrons. The molecule has 0 bridgehead atoms. The van der Waals surface area contributed by atoms with E-state index in [1.165, 1.54) is 53.0 Å². The van der Waals surface area contributed by atoms with Crippen molar-refractivity contribution in [2.45, 2.75) is 237 Å². The molecule has 0 aromatic rings. The highest BCUT2D eigenvalue weighted by Gasteiger charge is 2.33. The van der Waals surface area contributed by atoms with Crippen molar-refractivity contribution < 1.29 is 67.3 Å². The van der Waals surface area contributed by atoms with Crippen LogP contribution in [0, 0.1) is 0 Å². The highest BCUT2D eigenvalue weighted by molar-refractivity contribution is 7.92. The molecule has 1 N–H and O–H groups in total. The van der Waals surface area contributed by atoms with Crippen LogP contribution in [0.15, 0.2) is 0 Å². The molecule has 0 aromatic heterocycles. The Morgan fingerprint density at radius 1 is 0.370 bits per heavy atom. The SMILES string of the molecule is CC(C)N1CCC(S(=O)(=O)N(C)C)CC1.CC(C)N1CCC(S(C)(=O)=O)CC1.CC(C)N1CCN(S(C)(=O)=O)CC1.CC(C)S(=O)(=O)N(C)C.CC(C)S(=O)(=O)N1CCCC1.CC(C)S(=O)(=O)N1CCCCC1.CCN(CC)S(=O)(=O)C(C)C.CNS(=O)(=O)C(C)C. The fourth-order valence-electron chi connectivity index (χ4n) is 9.56. The van der Waals surface area contributed by atoms with Crippen LogP contribution in [0.1, 0.15) is 182 Å². The average Bonchev–Trinajstić information content (AvgIpc) is 1.00. The number of sulfone groups is 1. The molecule has 0 unspecified atom stereocenters. The molecule has 26 nitrogen and oxygen atoms in total. The van der Waals surface area contributed by atoms with Crippen molar-refractivity contribution in [3.05, 3.63) is 0 Å². The van der Waals surface area contributed by atoms with Crippen molar-refractivity contribution in [2.24, 2.45) is 0 Å². The van der Waals surface area contributed by atoms with Gasteiger partial charge < -0.3 is 9.80 Å². The molecule has 0 atom stereocenters. The van der Waals surface area contributed by atoms with Gasteiger partial charge in [-0.3, -0.25) is 4.90 Å². The summed E-state index contributed by atoms with van der Waals surface area (Å²) in [5.41, 5.74) is 0. The summed E-state index contributed by atoms with van der Waals surface area (Å²) in [5.74, 6) is 0. The van der Waals surface area contributed by atoms with Crippen LogP contribution in [-0.2, 0) is 80.0 Å². The van der Waals surface area contributed by atoms with Crippen LogP contribution in [-0.4, -0.2) is 302 Å². The first-order valence-corrected chi connectivity index (χ1v) is 45.6. The quantitative estimate of drug-likeness (QED) is 0.179. The van der Waals surface area contributed by atoms with Crippen LogP contribution in [0.4, 0.5) is 0 Å². The number of nitrogens with one attached hydrogen (secondary N) is 1. The molecule has 92 heavy (non-hydrogen) atoms. The smallest absolute Gasteiger partial charge is 0.216 e. The van der Waals surface area contributed by atoms with Gasteiger partial charge >= 0.3 is 0 Å². The number of hydrogen-bond donors (Lipinski definition) is 1. The second kappa shape index (κ2) is 43.7. The number of hydrogen-bond acceptors (Lipinski definition) is 19. The van der Waals surface area contributed by atoms with Crippen LogP contribution in [0.25, 0.3) is 0 Å². The zero-order chi connectivity index (χ0) is 72.9. The number of nitrogens with zero attached hydrogens (tertiary/aromatic N) is 9. The number of piperidine rings is 3. The lowest BCUT2D eigenvalue weighted by Gasteiger charge is -2.35. The van der Waals surface area contributed by atoms with Crippen molar-refractivity contribution in [1.29, 1.82) is 0 Å². The average molecular weight is 1480 g/mol. The zero-order valence-electron chi connectivity index (χ0n) is 61.4. The largest absolute Gasteiger partial charge is 0.301 e. The molecule has 0 aromatic carbocycles. The first-order chi connectivity index (χ1) is 41.6. The lowest BCUT2D eigenvalue weighted by Crippen LogP contribution is -2.50. The molecule has 5 aliphatic rings. The van der Waals surface area contributed by atoms with E-state index in [-0.39, 0.29) is 36.7 Å². The minimum absolute atomic E-state index is 0.0949. The number of rotatable bonds is 19. The second-order valence-corrected chi connectivity index (χ2v) is 45.6. The summed E-state index contributed by atoms with van der Waals surface area (Å²) < 4.78 is 192. The molecule has 558 valence electrons. The third-order valence-electron chi connectivity index (χ3n) is 16.4. The highest BCUT2D eigenvalue weighted by Crippen LogP contribution is 2.22. The van der Waals surface area contributed by atoms with Crippen molar-refractivity contribution in [1.82, 2.24) is 45.3 Å². The molecule has 0 saturated carbocycles. The summed E-state index contributed by atoms with van der Waals surface area (Å²) in [4.78, 5) is 6.96. The van der Waals surface area contributed by atoms with Crippen molar-refractivity contribution in [2.75, 3.05) is 139 Å². The monoisotopic (exact) mass is 1480 g/mol. The highest BCUT2D eigenvalue weighted by atomic mass is 32.2. The minimum atomic E-state index is -3.04. The molecular weight excluding hydrogens is 1350 g/mol. The summed E-state index contributed by atoms with van der Waals surface area (Å²) in [6.45, 7) is 44.2. The topological polar surface area (TPSA) is 314 Å². The molecular formula is C58H132N10O16S8. The molecule has 34 heteroatoms. The van der Waals surface area contributed by atoms with Crippen LogP contribution >= 0.6 is 0 Å². The number of likely N-dealkylation sites (tertiary alicyclic amines) is 2. The van der Waals surface area contributed by atoms with Crippen molar-refractivity contribution in [3.8, 4) is 0 Å². The van der Waals surface area contributed by atoms with Gasteiger partial charge in [0.1, 0.15) is 9.84 Å². The first kappa shape index (κ1) is 95.4. The number of sulfonamides is 7. The summed E-state index contributed by atoms with van der Waals surface area (Å²) >= 11 is 0. The number of piperazine rings is 1. The van der Waals surface area contributed by atoms with E-state index in [2.05, 4.69) is 61.0 Å².